The number of carboxylic acids is 1. The molecule has 2 atom stereocenters. The van der Waals surface area contributed by atoms with Gasteiger partial charge in [0.1, 0.15) is 11.6 Å². The molecule has 4 aromatic carbocycles. The Balaban J connectivity index is 0.657. The largest absolute Gasteiger partial charge is 0.490 e. The molecule has 0 bridgehead atoms. The van der Waals surface area contributed by atoms with Gasteiger partial charge < -0.3 is 19.6 Å². The zero-order valence-electron chi connectivity index (χ0n) is 42.3. The monoisotopic (exact) mass is 1010 g/mol. The number of piperidine rings is 1. The van der Waals surface area contributed by atoms with Crippen molar-refractivity contribution in [3.8, 4) is 16.9 Å². The number of carbonyl (C=O) groups excluding carboxylic acids is 3. The smallest absolute Gasteiger partial charge is 0.355 e. The normalized spacial score (nSPS) is 19.9. The number of carbonyl (C=O) groups is 4. The van der Waals surface area contributed by atoms with Crippen LogP contribution >= 0.6 is 11.3 Å². The SMILES string of the molecule is Cc1c(OC2CCC(CC[C@H](C)CN3CCN(c4ccc5c(C6CCC(=O)NC6=O)nn(C)c5c4)CC3)CC2)cccc1-c1ccc(N2CCc3cccc(C(=O)Nc4nc5ccccc5s4)c3C2)nc1C(=O)O. The van der Waals surface area contributed by atoms with Crippen molar-refractivity contribution in [1.82, 2.24) is 30.0 Å². The molecule has 382 valence electrons. The second-order valence-corrected chi connectivity index (χ2v) is 21.8. The van der Waals surface area contributed by atoms with Crippen molar-refractivity contribution in [1.29, 1.82) is 0 Å². The molecule has 3 N–H and O–H groups in total. The van der Waals surface area contributed by atoms with Gasteiger partial charge in [0.15, 0.2) is 10.8 Å². The third-order valence-corrected chi connectivity index (χ3v) is 16.9. The van der Waals surface area contributed by atoms with E-state index in [1.165, 1.54) is 29.9 Å². The lowest BCUT2D eigenvalue weighted by atomic mass is 9.83. The van der Waals surface area contributed by atoms with Crippen molar-refractivity contribution in [3.63, 3.8) is 0 Å². The molecule has 3 aliphatic heterocycles. The van der Waals surface area contributed by atoms with Crippen molar-refractivity contribution < 1.29 is 29.0 Å². The Kier molecular flexibility index (Phi) is 13.9. The number of para-hydroxylation sites is 1. The van der Waals surface area contributed by atoms with Crippen LogP contribution in [0.2, 0.25) is 0 Å². The first kappa shape index (κ1) is 49.1. The van der Waals surface area contributed by atoms with E-state index < -0.39 is 11.9 Å². The number of aryl methyl sites for hydroxylation is 1. The highest BCUT2D eigenvalue weighted by molar-refractivity contribution is 7.22. The minimum Gasteiger partial charge on any atom is -0.490 e. The number of nitrogens with one attached hydrogen (secondary N) is 2. The van der Waals surface area contributed by atoms with E-state index in [9.17, 15) is 24.3 Å². The van der Waals surface area contributed by atoms with E-state index in [0.717, 1.165) is 113 Å². The molecule has 0 radical (unpaired) electrons. The molecule has 16 heteroatoms. The van der Waals surface area contributed by atoms with Crippen LogP contribution in [0.25, 0.3) is 32.2 Å². The first-order valence-electron chi connectivity index (χ1n) is 26.2. The maximum absolute atomic E-state index is 13.7. The Morgan fingerprint density at radius 2 is 1.68 bits per heavy atom. The summed E-state index contributed by atoms with van der Waals surface area (Å²) in [6.45, 7) is 10.5. The molecule has 74 heavy (non-hydrogen) atoms. The number of thiazole rings is 1. The number of pyridine rings is 1. The summed E-state index contributed by atoms with van der Waals surface area (Å²) in [6.07, 6.45) is 8.31. The molecule has 15 nitrogen and oxygen atoms in total. The lowest BCUT2D eigenvalue weighted by Crippen LogP contribution is -2.47. The first-order valence-corrected chi connectivity index (χ1v) is 27.0. The predicted molar refractivity (Wildman–Crippen MR) is 289 cm³/mol. The number of hydrogen-bond donors (Lipinski definition) is 3. The summed E-state index contributed by atoms with van der Waals surface area (Å²) in [5.41, 5.74) is 8.52. The lowest BCUT2D eigenvalue weighted by molar-refractivity contribution is -0.134. The van der Waals surface area contributed by atoms with E-state index in [4.69, 9.17) is 14.8 Å². The average molecular weight is 1010 g/mol. The van der Waals surface area contributed by atoms with Gasteiger partial charge in [0.2, 0.25) is 11.8 Å². The van der Waals surface area contributed by atoms with E-state index in [-0.39, 0.29) is 29.5 Å². The topological polar surface area (TPSA) is 175 Å². The number of imide groups is 1. The van der Waals surface area contributed by atoms with Crippen LogP contribution in [0.5, 0.6) is 5.75 Å². The number of hydrogen-bond acceptors (Lipinski definition) is 12. The summed E-state index contributed by atoms with van der Waals surface area (Å²) in [5, 5.41) is 22.3. The summed E-state index contributed by atoms with van der Waals surface area (Å²) in [7, 11) is 1.92. The van der Waals surface area contributed by atoms with Crippen LogP contribution in [-0.2, 0) is 29.6 Å². The molecule has 7 aromatic rings. The number of piperazine rings is 1. The van der Waals surface area contributed by atoms with Crippen molar-refractivity contribution >= 4 is 72.8 Å². The number of benzene rings is 4. The Labute approximate surface area is 434 Å². The molecule has 1 saturated carbocycles. The van der Waals surface area contributed by atoms with Crippen LogP contribution in [0.15, 0.2) is 91.0 Å². The number of aromatic nitrogens is 4. The zero-order valence-corrected chi connectivity index (χ0v) is 43.1. The summed E-state index contributed by atoms with van der Waals surface area (Å²) >= 11 is 1.44. The van der Waals surface area contributed by atoms with Gasteiger partial charge in [0.25, 0.3) is 5.91 Å². The Morgan fingerprint density at radius 3 is 2.47 bits per heavy atom. The molecule has 1 aliphatic carbocycles. The number of ether oxygens (including phenoxy) is 1. The molecule has 1 unspecified atom stereocenters. The van der Waals surface area contributed by atoms with Gasteiger partial charge in [-0.25, -0.2) is 14.8 Å². The van der Waals surface area contributed by atoms with Crippen molar-refractivity contribution in [2.75, 3.05) is 54.4 Å². The summed E-state index contributed by atoms with van der Waals surface area (Å²) < 4.78 is 9.57. The van der Waals surface area contributed by atoms with Crippen LogP contribution in [0, 0.1) is 18.8 Å². The fourth-order valence-corrected chi connectivity index (χ4v) is 12.6. The van der Waals surface area contributed by atoms with Gasteiger partial charge in [-0.3, -0.25) is 34.6 Å². The second-order valence-electron chi connectivity index (χ2n) is 20.8. The molecule has 4 aliphatic rings. The minimum atomic E-state index is -1.10. The second kappa shape index (κ2) is 21.0. The van der Waals surface area contributed by atoms with E-state index in [1.54, 1.807) is 0 Å². The molecule has 3 aromatic heterocycles. The van der Waals surface area contributed by atoms with Crippen LogP contribution in [-0.4, -0.2) is 98.8 Å². The maximum atomic E-state index is 13.7. The number of anilines is 3. The van der Waals surface area contributed by atoms with Gasteiger partial charge in [0.05, 0.1) is 33.4 Å². The number of amides is 3. The molecular weight excluding hydrogens is 951 g/mol. The van der Waals surface area contributed by atoms with E-state index in [0.29, 0.717) is 66.3 Å². The van der Waals surface area contributed by atoms with Crippen LogP contribution < -0.4 is 25.2 Å². The lowest BCUT2D eigenvalue weighted by Gasteiger charge is -2.37. The third-order valence-electron chi connectivity index (χ3n) is 15.9. The molecule has 0 spiro atoms. The van der Waals surface area contributed by atoms with E-state index in [2.05, 4.69) is 61.5 Å². The highest BCUT2D eigenvalue weighted by atomic mass is 32.1. The molecule has 6 heterocycles. The van der Waals surface area contributed by atoms with Gasteiger partial charge in [-0.15, -0.1) is 0 Å². The molecular formula is C58H63N9O6S. The summed E-state index contributed by atoms with van der Waals surface area (Å²) in [4.78, 5) is 67.4. The highest BCUT2D eigenvalue weighted by Gasteiger charge is 2.33. The standard InChI is InChI=1S/C58H63N9O6S/c1-35(33-65-28-30-66(31-29-65)39-18-21-44-48(32-39)64(3)63-53(44)45-23-25-52(68)61-56(45)70)14-15-37-16-19-40(20-17-37)73-49-12-7-9-41(36(49)2)42-22-24-51(60-54(42)57(71)72)67-27-26-38-8-6-10-43(46(38)34-67)55(69)62-58-59-47-11-4-5-13-50(47)74-58/h4-13,18,21-22,24,32,35,37,40,45H,14-17,19-20,23,25-31,33-34H2,1-3H3,(H,71,72)(H,59,62,69)(H,61,68,70)/t35-,37?,40?,45?/m0/s1. The number of aromatic carboxylic acids is 1. The van der Waals surface area contributed by atoms with Crippen molar-refractivity contribution in [3.05, 3.63) is 125 Å². The molecule has 3 fully saturated rings. The van der Waals surface area contributed by atoms with Crippen LogP contribution in [0.1, 0.15) is 107 Å². The zero-order chi connectivity index (χ0) is 51.0. The molecule has 3 amide bonds. The summed E-state index contributed by atoms with van der Waals surface area (Å²) in [5.74, 6) is 0.412. The average Bonchev–Trinajstić information content (AvgIpc) is 3.97. The van der Waals surface area contributed by atoms with Gasteiger partial charge in [-0.1, -0.05) is 61.1 Å². The van der Waals surface area contributed by atoms with E-state index in [1.807, 2.05) is 85.4 Å². The number of fused-ring (bicyclic) bond motifs is 3. The fourth-order valence-electron chi connectivity index (χ4n) is 11.8. The van der Waals surface area contributed by atoms with Gasteiger partial charge >= 0.3 is 5.97 Å². The van der Waals surface area contributed by atoms with Gasteiger partial charge in [-0.05, 0) is 141 Å². The summed E-state index contributed by atoms with van der Waals surface area (Å²) in [6, 6.07) is 29.6. The number of carboxylic acid groups (broad SMARTS) is 1. The quantitative estimate of drug-likeness (QED) is 0.0882. The van der Waals surface area contributed by atoms with Gasteiger partial charge in [0, 0.05) is 81.5 Å². The van der Waals surface area contributed by atoms with E-state index >= 15 is 0 Å². The molecule has 11 rings (SSSR count). The number of rotatable bonds is 14. The first-order chi connectivity index (χ1) is 35.9. The predicted octanol–water partition coefficient (Wildman–Crippen LogP) is 9.76. The van der Waals surface area contributed by atoms with Crippen LogP contribution in [0.4, 0.5) is 16.6 Å². The fraction of sp³-hybridized carbons (Fsp3) is 0.397. The van der Waals surface area contributed by atoms with Crippen molar-refractivity contribution in [2.24, 2.45) is 18.9 Å². The maximum Gasteiger partial charge on any atom is 0.355 e. The molecule has 2 saturated heterocycles. The third kappa shape index (κ3) is 10.2. The number of nitrogens with zero attached hydrogens (tertiary/aromatic N) is 7. The van der Waals surface area contributed by atoms with Crippen LogP contribution in [0.3, 0.4) is 0 Å². The highest BCUT2D eigenvalue weighted by Crippen LogP contribution is 2.38. The Hall–Kier alpha value is -7.17. The van der Waals surface area contributed by atoms with Gasteiger partial charge in [-0.2, -0.15) is 5.10 Å². The Morgan fingerprint density at radius 1 is 0.865 bits per heavy atom. The minimum absolute atomic E-state index is 0.0176. The Bertz CT molecular complexity index is 3250. The van der Waals surface area contributed by atoms with Crippen molar-refractivity contribution in [2.45, 2.75) is 90.2 Å².